The maximum Gasteiger partial charge on any atom is 0.213 e. The maximum absolute atomic E-state index is 12.8. The highest BCUT2D eigenvalue weighted by Gasteiger charge is 2.20. The third-order valence-electron chi connectivity index (χ3n) is 4.38. The summed E-state index contributed by atoms with van der Waals surface area (Å²) in [6, 6.07) is 15.5. The van der Waals surface area contributed by atoms with Crippen LogP contribution in [0.15, 0.2) is 53.6 Å². The normalized spacial score (nSPS) is 13.0. The van der Waals surface area contributed by atoms with E-state index in [-0.39, 0.29) is 22.3 Å². The van der Waals surface area contributed by atoms with Crippen LogP contribution in [0.1, 0.15) is 68.6 Å². The van der Waals surface area contributed by atoms with E-state index in [4.69, 9.17) is 5.84 Å². The fourth-order valence-corrected chi connectivity index (χ4v) is 2.65. The highest BCUT2D eigenvalue weighted by Crippen LogP contribution is 2.24. The first-order chi connectivity index (χ1) is 11.5. The summed E-state index contributed by atoms with van der Waals surface area (Å²) in [6.45, 7) is 12.9. The van der Waals surface area contributed by atoms with Gasteiger partial charge in [0.25, 0.3) is 0 Å². The zero-order valence-electron chi connectivity index (χ0n) is 16.1. The number of Topliss-reactive ketones (excluding diaryl/α,β-unsaturated/α-hetero) is 1. The molecule has 25 heavy (non-hydrogen) atoms. The molecular formula is C22H28N2O. The molecule has 0 saturated carbocycles. The van der Waals surface area contributed by atoms with E-state index < -0.39 is 0 Å². The number of nitrogens with zero attached hydrogens (tertiary/aromatic N) is 1. The third-order valence-corrected chi connectivity index (χ3v) is 4.38. The van der Waals surface area contributed by atoms with Crippen molar-refractivity contribution in [1.82, 2.24) is 0 Å². The Balaban J connectivity index is 2.30. The average Bonchev–Trinajstić information content (AvgIpc) is 2.54. The van der Waals surface area contributed by atoms with Crippen molar-refractivity contribution >= 4 is 11.5 Å². The van der Waals surface area contributed by atoms with Gasteiger partial charge >= 0.3 is 0 Å². The molecule has 0 amide bonds. The molecule has 2 aromatic carbocycles. The van der Waals surface area contributed by atoms with E-state index in [1.165, 1.54) is 11.1 Å². The Bertz CT molecular complexity index is 771. The van der Waals surface area contributed by atoms with E-state index in [0.29, 0.717) is 5.56 Å². The zero-order valence-corrected chi connectivity index (χ0v) is 16.1. The van der Waals surface area contributed by atoms with Gasteiger partial charge in [0.15, 0.2) is 0 Å². The minimum absolute atomic E-state index is 0.0507. The molecule has 132 valence electrons. The van der Waals surface area contributed by atoms with Crippen molar-refractivity contribution in [2.75, 3.05) is 0 Å². The second kappa shape index (κ2) is 6.83. The van der Waals surface area contributed by atoms with Crippen LogP contribution >= 0.6 is 0 Å². The van der Waals surface area contributed by atoms with Crippen molar-refractivity contribution in [3.63, 3.8) is 0 Å². The van der Waals surface area contributed by atoms with Crippen LogP contribution in [0.25, 0.3) is 0 Å². The average molecular weight is 336 g/mol. The van der Waals surface area contributed by atoms with Gasteiger partial charge in [-0.25, -0.2) is 0 Å². The van der Waals surface area contributed by atoms with Gasteiger partial charge in [-0.15, -0.1) is 0 Å². The number of hydrogen-bond acceptors (Lipinski definition) is 3. The molecular weight excluding hydrogens is 308 g/mol. The Labute approximate surface area is 151 Å². The summed E-state index contributed by atoms with van der Waals surface area (Å²) in [4.78, 5) is 12.8. The van der Waals surface area contributed by atoms with Crippen LogP contribution in [0.2, 0.25) is 0 Å². The Morgan fingerprint density at radius 1 is 0.720 bits per heavy atom. The molecule has 3 heteroatoms. The SMILES string of the molecule is CC(C)(C)c1ccc(C(=O)/C(=N\N)c2ccc(C(C)(C)C)cc2)cc1. The Morgan fingerprint density at radius 2 is 1.08 bits per heavy atom. The van der Waals surface area contributed by atoms with Crippen molar-refractivity contribution in [1.29, 1.82) is 0 Å². The number of hydrazone groups is 1. The molecule has 2 rings (SSSR count). The summed E-state index contributed by atoms with van der Waals surface area (Å²) >= 11 is 0. The van der Waals surface area contributed by atoms with Crippen molar-refractivity contribution in [2.24, 2.45) is 10.9 Å². The minimum Gasteiger partial charge on any atom is -0.323 e. The Hall–Kier alpha value is -2.42. The van der Waals surface area contributed by atoms with Gasteiger partial charge in [-0.3, -0.25) is 4.79 Å². The van der Waals surface area contributed by atoms with Gasteiger partial charge in [0.2, 0.25) is 5.78 Å². The van der Waals surface area contributed by atoms with Crippen molar-refractivity contribution in [3.05, 3.63) is 70.8 Å². The lowest BCUT2D eigenvalue weighted by Crippen LogP contribution is -2.19. The minimum atomic E-state index is -0.161. The van der Waals surface area contributed by atoms with Crippen LogP contribution in [0.4, 0.5) is 0 Å². The topological polar surface area (TPSA) is 55.5 Å². The molecule has 3 nitrogen and oxygen atoms in total. The third kappa shape index (κ3) is 4.36. The molecule has 2 aromatic rings. The zero-order chi connectivity index (χ0) is 18.8. The fraction of sp³-hybridized carbons (Fsp3) is 0.364. The molecule has 0 fully saturated rings. The largest absolute Gasteiger partial charge is 0.323 e. The molecule has 0 bridgehead atoms. The number of hydrogen-bond donors (Lipinski definition) is 1. The quantitative estimate of drug-likeness (QED) is 0.378. The van der Waals surface area contributed by atoms with Crippen LogP contribution in [0.3, 0.4) is 0 Å². The second-order valence-electron chi connectivity index (χ2n) is 8.46. The molecule has 0 unspecified atom stereocenters. The summed E-state index contributed by atoms with van der Waals surface area (Å²) in [6.07, 6.45) is 0. The highest BCUT2D eigenvalue weighted by molar-refractivity contribution is 6.51. The molecule has 0 heterocycles. The van der Waals surface area contributed by atoms with E-state index in [0.717, 1.165) is 5.56 Å². The lowest BCUT2D eigenvalue weighted by molar-refractivity contribution is 0.106. The first-order valence-electron chi connectivity index (χ1n) is 8.58. The van der Waals surface area contributed by atoms with Crippen molar-refractivity contribution in [2.45, 2.75) is 52.4 Å². The fourth-order valence-electron chi connectivity index (χ4n) is 2.65. The van der Waals surface area contributed by atoms with Gasteiger partial charge in [0, 0.05) is 11.1 Å². The molecule has 0 spiro atoms. The van der Waals surface area contributed by atoms with Gasteiger partial charge < -0.3 is 5.84 Å². The lowest BCUT2D eigenvalue weighted by Gasteiger charge is -2.19. The highest BCUT2D eigenvalue weighted by atomic mass is 16.1. The number of ketones is 1. The Morgan fingerprint density at radius 3 is 1.40 bits per heavy atom. The molecule has 0 aliphatic rings. The van der Waals surface area contributed by atoms with Gasteiger partial charge in [0.1, 0.15) is 5.71 Å². The van der Waals surface area contributed by atoms with E-state index in [1.807, 2.05) is 48.5 Å². The number of benzene rings is 2. The van der Waals surface area contributed by atoms with Crippen LogP contribution in [-0.4, -0.2) is 11.5 Å². The van der Waals surface area contributed by atoms with E-state index >= 15 is 0 Å². The summed E-state index contributed by atoms with van der Waals surface area (Å²) in [5, 5.41) is 3.76. The van der Waals surface area contributed by atoms with Gasteiger partial charge in [-0.2, -0.15) is 5.10 Å². The molecule has 0 aliphatic carbocycles. The van der Waals surface area contributed by atoms with Gasteiger partial charge in [-0.1, -0.05) is 90.1 Å². The summed E-state index contributed by atoms with van der Waals surface area (Å²) in [5.74, 6) is 5.37. The summed E-state index contributed by atoms with van der Waals surface area (Å²) in [5.41, 5.74) is 4.11. The molecule has 0 radical (unpaired) electrons. The number of carbonyl (C=O) groups excluding carboxylic acids is 1. The van der Waals surface area contributed by atoms with Gasteiger partial charge in [-0.05, 0) is 22.0 Å². The number of carbonyl (C=O) groups is 1. The lowest BCUT2D eigenvalue weighted by atomic mass is 9.85. The first kappa shape index (κ1) is 18.9. The van der Waals surface area contributed by atoms with Crippen molar-refractivity contribution in [3.8, 4) is 0 Å². The van der Waals surface area contributed by atoms with Crippen molar-refractivity contribution < 1.29 is 4.79 Å². The van der Waals surface area contributed by atoms with Crippen LogP contribution in [0.5, 0.6) is 0 Å². The van der Waals surface area contributed by atoms with Crippen LogP contribution in [0, 0.1) is 0 Å². The smallest absolute Gasteiger partial charge is 0.213 e. The Kier molecular flexibility index (Phi) is 5.17. The van der Waals surface area contributed by atoms with E-state index in [1.54, 1.807) is 0 Å². The molecule has 0 saturated heterocycles. The van der Waals surface area contributed by atoms with E-state index in [9.17, 15) is 4.79 Å². The first-order valence-corrected chi connectivity index (χ1v) is 8.58. The number of rotatable bonds is 3. The number of nitrogens with two attached hydrogens (primary N) is 1. The maximum atomic E-state index is 12.8. The van der Waals surface area contributed by atoms with Crippen LogP contribution in [-0.2, 0) is 10.8 Å². The standard InChI is InChI=1S/C22H28N2O/c1-21(2,3)17-11-7-15(8-12-17)19(24-23)20(25)16-9-13-18(14-10-16)22(4,5)6/h7-14H,23H2,1-6H3/b24-19-. The van der Waals surface area contributed by atoms with Crippen LogP contribution < -0.4 is 5.84 Å². The monoisotopic (exact) mass is 336 g/mol. The molecule has 0 aromatic heterocycles. The predicted octanol–water partition coefficient (Wildman–Crippen LogP) is 4.83. The molecule has 0 atom stereocenters. The van der Waals surface area contributed by atoms with Gasteiger partial charge in [0.05, 0.1) is 0 Å². The molecule has 0 aliphatic heterocycles. The summed E-state index contributed by atoms with van der Waals surface area (Å²) < 4.78 is 0. The van der Waals surface area contributed by atoms with E-state index in [2.05, 4.69) is 46.6 Å². The summed E-state index contributed by atoms with van der Waals surface area (Å²) in [7, 11) is 0. The predicted molar refractivity (Wildman–Crippen MR) is 105 cm³/mol. The second-order valence-corrected chi connectivity index (χ2v) is 8.46. The molecule has 2 N–H and O–H groups in total.